The first-order valence-electron chi connectivity index (χ1n) is 12.6. The molecular formula is C31H27ClN2O4. The van der Waals surface area contributed by atoms with Gasteiger partial charge in [-0.25, -0.2) is 4.79 Å². The lowest BCUT2D eigenvalue weighted by Gasteiger charge is -2.37. The first-order chi connectivity index (χ1) is 18.5. The van der Waals surface area contributed by atoms with Gasteiger partial charge in [-0.2, -0.15) is 0 Å². The van der Waals surface area contributed by atoms with Crippen molar-refractivity contribution in [1.29, 1.82) is 0 Å². The Morgan fingerprint density at radius 1 is 0.895 bits per heavy atom. The Morgan fingerprint density at radius 3 is 2.47 bits per heavy atom. The third-order valence-electron chi connectivity index (χ3n) is 7.26. The lowest BCUT2D eigenvalue weighted by molar-refractivity contribution is 0.0224. The molecule has 0 saturated heterocycles. The van der Waals surface area contributed by atoms with Crippen molar-refractivity contribution < 1.29 is 19.0 Å². The van der Waals surface area contributed by atoms with Crippen molar-refractivity contribution in [3.63, 3.8) is 0 Å². The van der Waals surface area contributed by atoms with Crippen LogP contribution in [-0.2, 0) is 10.3 Å². The number of carbonyl (C=O) groups excluding carboxylic acids is 1. The zero-order valence-electron chi connectivity index (χ0n) is 21.4. The summed E-state index contributed by atoms with van der Waals surface area (Å²) in [5, 5.41) is 3.86. The number of nitrogens with zero attached hydrogens (tertiary/aromatic N) is 1. The molecule has 1 unspecified atom stereocenters. The Kier molecular flexibility index (Phi) is 5.92. The smallest absolute Gasteiger partial charge is 0.340 e. The van der Waals surface area contributed by atoms with Crippen molar-refractivity contribution in [2.75, 3.05) is 30.4 Å². The fraction of sp³-hybridized carbons (Fsp3) is 0.194. The first kappa shape index (κ1) is 24.2. The van der Waals surface area contributed by atoms with Crippen molar-refractivity contribution >= 4 is 34.6 Å². The maximum Gasteiger partial charge on any atom is 0.340 e. The van der Waals surface area contributed by atoms with Gasteiger partial charge in [0.1, 0.15) is 17.2 Å². The molecule has 4 aromatic carbocycles. The molecule has 4 aromatic rings. The molecule has 0 fully saturated rings. The van der Waals surface area contributed by atoms with Crippen molar-refractivity contribution in [3.05, 3.63) is 106 Å². The number of nitrogens with one attached hydrogen (secondary N) is 1. The van der Waals surface area contributed by atoms with Crippen LogP contribution in [0.2, 0.25) is 5.02 Å². The van der Waals surface area contributed by atoms with Crippen molar-refractivity contribution in [1.82, 2.24) is 0 Å². The Morgan fingerprint density at radius 2 is 1.68 bits per heavy atom. The van der Waals surface area contributed by atoms with E-state index in [1.165, 1.54) is 0 Å². The van der Waals surface area contributed by atoms with E-state index in [4.69, 9.17) is 25.8 Å². The van der Waals surface area contributed by atoms with Crippen LogP contribution in [0.4, 0.5) is 17.1 Å². The topological polar surface area (TPSA) is 60.0 Å². The first-order valence-corrected chi connectivity index (χ1v) is 13.0. The minimum absolute atomic E-state index is 0.371. The highest BCUT2D eigenvalue weighted by atomic mass is 35.5. The number of esters is 1. The second-order valence-corrected chi connectivity index (χ2v) is 9.66. The average Bonchev–Trinajstić information content (AvgIpc) is 3.23. The number of ether oxygens (including phenoxy) is 3. The van der Waals surface area contributed by atoms with Crippen LogP contribution in [0, 0.1) is 0 Å². The number of hydrogen-bond donors (Lipinski definition) is 1. The largest absolute Gasteiger partial charge is 0.497 e. The van der Waals surface area contributed by atoms with Crippen LogP contribution in [-0.4, -0.2) is 26.2 Å². The summed E-state index contributed by atoms with van der Waals surface area (Å²) in [6.45, 7) is 5.96. The molecule has 2 aliphatic heterocycles. The average molecular weight is 527 g/mol. The molecule has 6 nitrogen and oxygen atoms in total. The van der Waals surface area contributed by atoms with Crippen LogP contribution in [0.1, 0.15) is 40.9 Å². The van der Waals surface area contributed by atoms with Gasteiger partial charge in [0.15, 0.2) is 5.60 Å². The lowest BCUT2D eigenvalue weighted by atomic mass is 9.77. The van der Waals surface area contributed by atoms with E-state index in [2.05, 4.69) is 30.1 Å². The highest BCUT2D eigenvalue weighted by Gasteiger charge is 2.53. The molecule has 0 aliphatic carbocycles. The third kappa shape index (κ3) is 3.67. The predicted octanol–water partition coefficient (Wildman–Crippen LogP) is 7.51. The molecule has 0 bridgehead atoms. The van der Waals surface area contributed by atoms with E-state index < -0.39 is 5.60 Å². The van der Waals surface area contributed by atoms with Gasteiger partial charge in [0, 0.05) is 59.4 Å². The molecule has 0 amide bonds. The fourth-order valence-electron chi connectivity index (χ4n) is 5.42. The van der Waals surface area contributed by atoms with E-state index >= 15 is 0 Å². The molecule has 38 heavy (non-hydrogen) atoms. The molecule has 0 saturated carbocycles. The van der Waals surface area contributed by atoms with Gasteiger partial charge in [0.05, 0.1) is 23.4 Å². The third-order valence-corrected chi connectivity index (χ3v) is 7.58. The van der Waals surface area contributed by atoms with Crippen molar-refractivity contribution in [3.8, 4) is 17.2 Å². The van der Waals surface area contributed by atoms with Gasteiger partial charge in [-0.3, -0.25) is 0 Å². The van der Waals surface area contributed by atoms with Crippen LogP contribution in [0.3, 0.4) is 0 Å². The minimum atomic E-state index is -1.17. The van der Waals surface area contributed by atoms with Crippen LogP contribution in [0.5, 0.6) is 17.2 Å². The highest BCUT2D eigenvalue weighted by Crippen LogP contribution is 2.57. The summed E-state index contributed by atoms with van der Waals surface area (Å²) < 4.78 is 18.2. The number of hydrogen-bond acceptors (Lipinski definition) is 6. The summed E-state index contributed by atoms with van der Waals surface area (Å²) >= 11 is 6.77. The zero-order valence-corrected chi connectivity index (χ0v) is 22.1. The molecule has 7 heteroatoms. The Hall–Kier alpha value is -4.16. The van der Waals surface area contributed by atoms with E-state index in [-0.39, 0.29) is 5.97 Å². The second kappa shape index (κ2) is 9.30. The maximum absolute atomic E-state index is 13.2. The van der Waals surface area contributed by atoms with Crippen LogP contribution >= 0.6 is 11.6 Å². The van der Waals surface area contributed by atoms with Crippen molar-refractivity contribution in [2.45, 2.75) is 19.4 Å². The zero-order chi connectivity index (χ0) is 26.4. The van der Waals surface area contributed by atoms with Gasteiger partial charge in [0.2, 0.25) is 0 Å². The Labute approximate surface area is 226 Å². The Bertz CT molecular complexity index is 1570. The van der Waals surface area contributed by atoms with E-state index in [0.29, 0.717) is 33.3 Å². The van der Waals surface area contributed by atoms with Gasteiger partial charge in [-0.05, 0) is 50.2 Å². The maximum atomic E-state index is 13.2. The second-order valence-electron chi connectivity index (χ2n) is 9.26. The van der Waals surface area contributed by atoms with Gasteiger partial charge < -0.3 is 24.4 Å². The summed E-state index contributed by atoms with van der Waals surface area (Å²) in [6, 6.07) is 24.9. The molecule has 1 atom stereocenters. The van der Waals surface area contributed by atoms with Crippen LogP contribution < -0.4 is 19.7 Å². The molecule has 0 radical (unpaired) electrons. The number of rotatable bonds is 6. The molecular weight excluding hydrogens is 500 g/mol. The fourth-order valence-corrected chi connectivity index (χ4v) is 5.62. The molecule has 2 aliphatic rings. The van der Waals surface area contributed by atoms with Gasteiger partial charge in [0.25, 0.3) is 0 Å². The molecule has 0 aromatic heterocycles. The molecule has 6 rings (SSSR count). The van der Waals surface area contributed by atoms with E-state index in [1.807, 2.05) is 60.7 Å². The van der Waals surface area contributed by atoms with Gasteiger partial charge in [-0.1, -0.05) is 35.9 Å². The summed E-state index contributed by atoms with van der Waals surface area (Å²) in [4.78, 5) is 15.5. The van der Waals surface area contributed by atoms with Gasteiger partial charge >= 0.3 is 5.97 Å². The van der Waals surface area contributed by atoms with E-state index in [1.54, 1.807) is 19.2 Å². The normalized spacial score (nSPS) is 16.7. The standard InChI is InChI=1S/C31H27ClN2O4/c1-4-34(5-2)20-13-14-24-28(16-20)37-29-18-26(32)27(33-19-9-8-10-21(15-19)36-3)17-25(29)31(24)23-12-7-6-11-22(23)30(35)38-31/h6-18,33H,4-5H2,1-3H3. The molecule has 1 N–H and O–H groups in total. The number of benzene rings is 4. The summed E-state index contributed by atoms with van der Waals surface area (Å²) in [7, 11) is 1.63. The van der Waals surface area contributed by atoms with Crippen LogP contribution in [0.25, 0.3) is 0 Å². The number of halogens is 1. The number of fused-ring (bicyclic) bond motifs is 6. The highest BCUT2D eigenvalue weighted by molar-refractivity contribution is 6.33. The quantitative estimate of drug-likeness (QED) is 0.262. The Balaban J connectivity index is 1.56. The SMILES string of the molecule is CCN(CC)c1ccc2c(c1)Oc1cc(Cl)c(Nc3cccc(OC)c3)cc1C21OC(=O)c2ccccc21. The number of carbonyl (C=O) groups is 1. The predicted molar refractivity (Wildman–Crippen MR) is 150 cm³/mol. The summed E-state index contributed by atoms with van der Waals surface area (Å²) in [6.07, 6.45) is 0. The lowest BCUT2D eigenvalue weighted by Crippen LogP contribution is -2.33. The molecule has 192 valence electrons. The molecule has 1 spiro atoms. The summed E-state index contributed by atoms with van der Waals surface area (Å²) in [5.74, 6) is 1.53. The monoisotopic (exact) mass is 526 g/mol. The summed E-state index contributed by atoms with van der Waals surface area (Å²) in [5.41, 5.74) is 4.12. The molecule has 2 heterocycles. The minimum Gasteiger partial charge on any atom is -0.497 e. The van der Waals surface area contributed by atoms with Gasteiger partial charge in [-0.15, -0.1) is 0 Å². The van der Waals surface area contributed by atoms with Crippen LogP contribution in [0.15, 0.2) is 78.9 Å². The van der Waals surface area contributed by atoms with Crippen molar-refractivity contribution in [2.24, 2.45) is 0 Å². The number of methoxy groups -OCH3 is 1. The number of anilines is 3. The van der Waals surface area contributed by atoms with E-state index in [9.17, 15) is 4.79 Å². The van der Waals surface area contributed by atoms with E-state index in [0.717, 1.165) is 41.3 Å².